The van der Waals surface area contributed by atoms with Crippen LogP contribution in [-0.2, 0) is 15.9 Å². The third-order valence-corrected chi connectivity index (χ3v) is 2.78. The second-order valence-electron chi connectivity index (χ2n) is 4.96. The molecule has 0 spiro atoms. The Morgan fingerprint density at radius 1 is 1.21 bits per heavy atom. The van der Waals surface area contributed by atoms with E-state index in [-0.39, 0.29) is 6.61 Å². The van der Waals surface area contributed by atoms with Crippen LogP contribution in [0.1, 0.15) is 25.8 Å². The highest BCUT2D eigenvalue weighted by Crippen LogP contribution is 2.24. The molecule has 1 heterocycles. The fourth-order valence-corrected chi connectivity index (χ4v) is 1.82. The average Bonchev–Trinajstić information content (AvgIpc) is 2.75. The molecule has 1 aromatic rings. The Morgan fingerprint density at radius 2 is 1.95 bits per heavy atom. The SMILES string of the molecule is CC1(C)OC=C(COc2ccc(CCCO)cc2)O1. The van der Waals surface area contributed by atoms with Gasteiger partial charge in [-0.2, -0.15) is 0 Å². The van der Waals surface area contributed by atoms with E-state index in [9.17, 15) is 0 Å². The van der Waals surface area contributed by atoms with E-state index in [1.807, 2.05) is 38.1 Å². The molecule has 0 bridgehead atoms. The molecule has 4 heteroatoms. The summed E-state index contributed by atoms with van der Waals surface area (Å²) in [5.41, 5.74) is 1.20. The van der Waals surface area contributed by atoms with Crippen LogP contribution < -0.4 is 4.74 Å². The average molecular weight is 264 g/mol. The maximum Gasteiger partial charge on any atom is 0.244 e. The Balaban J connectivity index is 1.80. The maximum absolute atomic E-state index is 8.77. The molecule has 19 heavy (non-hydrogen) atoms. The summed E-state index contributed by atoms with van der Waals surface area (Å²) >= 11 is 0. The van der Waals surface area contributed by atoms with Gasteiger partial charge in [0.15, 0.2) is 5.76 Å². The van der Waals surface area contributed by atoms with Crippen molar-refractivity contribution in [2.24, 2.45) is 0 Å². The van der Waals surface area contributed by atoms with Crippen molar-refractivity contribution in [3.05, 3.63) is 41.9 Å². The summed E-state index contributed by atoms with van der Waals surface area (Å²) < 4.78 is 16.5. The molecule has 0 saturated heterocycles. The third-order valence-electron chi connectivity index (χ3n) is 2.78. The second kappa shape index (κ2) is 5.97. The fourth-order valence-electron chi connectivity index (χ4n) is 1.82. The molecule has 0 radical (unpaired) electrons. The van der Waals surface area contributed by atoms with Crippen LogP contribution in [0, 0.1) is 0 Å². The summed E-state index contributed by atoms with van der Waals surface area (Å²) in [6.07, 6.45) is 3.26. The van der Waals surface area contributed by atoms with Crippen LogP contribution in [-0.4, -0.2) is 24.1 Å². The predicted octanol–water partition coefficient (Wildman–Crippen LogP) is 2.61. The van der Waals surface area contributed by atoms with E-state index in [1.54, 1.807) is 6.26 Å². The van der Waals surface area contributed by atoms with Gasteiger partial charge in [-0.15, -0.1) is 0 Å². The highest BCUT2D eigenvalue weighted by Gasteiger charge is 2.27. The number of rotatable bonds is 6. The molecule has 104 valence electrons. The molecule has 0 aromatic heterocycles. The van der Waals surface area contributed by atoms with Crippen LogP contribution in [0.4, 0.5) is 0 Å². The van der Waals surface area contributed by atoms with Gasteiger partial charge in [0.05, 0.1) is 0 Å². The summed E-state index contributed by atoms with van der Waals surface area (Å²) in [6, 6.07) is 7.87. The minimum Gasteiger partial charge on any atom is -0.486 e. The molecule has 0 saturated carbocycles. The minimum atomic E-state index is -0.590. The summed E-state index contributed by atoms with van der Waals surface area (Å²) in [6.45, 7) is 4.29. The van der Waals surface area contributed by atoms with Gasteiger partial charge in [-0.1, -0.05) is 12.1 Å². The zero-order valence-electron chi connectivity index (χ0n) is 11.4. The molecule has 1 aliphatic heterocycles. The lowest BCUT2D eigenvalue weighted by Gasteiger charge is -2.18. The zero-order valence-corrected chi connectivity index (χ0v) is 11.4. The van der Waals surface area contributed by atoms with Crippen molar-refractivity contribution in [3.8, 4) is 5.75 Å². The first kappa shape index (κ1) is 13.7. The van der Waals surface area contributed by atoms with Crippen LogP contribution in [0.3, 0.4) is 0 Å². The number of hydrogen-bond acceptors (Lipinski definition) is 4. The van der Waals surface area contributed by atoms with E-state index in [4.69, 9.17) is 19.3 Å². The molecular formula is C15H20O4. The van der Waals surface area contributed by atoms with Gasteiger partial charge in [0.25, 0.3) is 0 Å². The van der Waals surface area contributed by atoms with Crippen molar-refractivity contribution in [2.45, 2.75) is 32.5 Å². The quantitative estimate of drug-likeness (QED) is 0.858. The number of aliphatic hydroxyl groups excluding tert-OH is 1. The summed E-state index contributed by atoms with van der Waals surface area (Å²) in [5, 5.41) is 8.77. The second-order valence-corrected chi connectivity index (χ2v) is 4.96. The first-order valence-electron chi connectivity index (χ1n) is 6.47. The molecule has 0 atom stereocenters. The smallest absolute Gasteiger partial charge is 0.244 e. The van der Waals surface area contributed by atoms with Crippen LogP contribution >= 0.6 is 0 Å². The molecule has 0 unspecified atom stereocenters. The number of hydrogen-bond donors (Lipinski definition) is 1. The lowest BCUT2D eigenvalue weighted by atomic mass is 10.1. The van der Waals surface area contributed by atoms with Crippen molar-refractivity contribution in [1.29, 1.82) is 0 Å². The van der Waals surface area contributed by atoms with Gasteiger partial charge < -0.3 is 19.3 Å². The lowest BCUT2D eigenvalue weighted by molar-refractivity contribution is -0.119. The van der Waals surface area contributed by atoms with Gasteiger partial charge in [0, 0.05) is 20.5 Å². The molecule has 4 nitrogen and oxygen atoms in total. The van der Waals surface area contributed by atoms with Crippen molar-refractivity contribution in [2.75, 3.05) is 13.2 Å². The van der Waals surface area contributed by atoms with Gasteiger partial charge in [-0.05, 0) is 30.5 Å². The Labute approximate surface area is 113 Å². The van der Waals surface area contributed by atoms with E-state index in [0.717, 1.165) is 18.6 Å². The highest BCUT2D eigenvalue weighted by atomic mass is 16.7. The number of ether oxygens (including phenoxy) is 3. The predicted molar refractivity (Wildman–Crippen MR) is 71.7 cm³/mol. The van der Waals surface area contributed by atoms with Crippen molar-refractivity contribution < 1.29 is 19.3 Å². The Morgan fingerprint density at radius 3 is 2.53 bits per heavy atom. The molecule has 1 N–H and O–H groups in total. The van der Waals surface area contributed by atoms with Crippen LogP contribution in [0.2, 0.25) is 0 Å². The van der Waals surface area contributed by atoms with Gasteiger partial charge >= 0.3 is 0 Å². The van der Waals surface area contributed by atoms with Crippen LogP contribution in [0.25, 0.3) is 0 Å². The Kier molecular flexibility index (Phi) is 4.32. The molecule has 0 fully saturated rings. The zero-order chi connectivity index (χ0) is 13.7. The van der Waals surface area contributed by atoms with Gasteiger partial charge in [0.2, 0.25) is 5.79 Å². The van der Waals surface area contributed by atoms with Crippen molar-refractivity contribution >= 4 is 0 Å². The molecule has 1 aromatic carbocycles. The molecule has 2 rings (SSSR count). The Hall–Kier alpha value is -1.68. The normalized spacial score (nSPS) is 16.5. The highest BCUT2D eigenvalue weighted by molar-refractivity contribution is 5.27. The Bertz CT molecular complexity index is 434. The van der Waals surface area contributed by atoms with E-state index >= 15 is 0 Å². The minimum absolute atomic E-state index is 0.222. The lowest BCUT2D eigenvalue weighted by Crippen LogP contribution is -2.21. The van der Waals surface area contributed by atoms with E-state index in [1.165, 1.54) is 5.56 Å². The monoisotopic (exact) mass is 264 g/mol. The third kappa shape index (κ3) is 4.17. The topological polar surface area (TPSA) is 47.9 Å². The first-order chi connectivity index (χ1) is 9.09. The van der Waals surface area contributed by atoms with E-state index in [0.29, 0.717) is 12.4 Å². The van der Waals surface area contributed by atoms with Crippen molar-refractivity contribution in [1.82, 2.24) is 0 Å². The van der Waals surface area contributed by atoms with Gasteiger partial charge in [-0.25, -0.2) is 0 Å². The maximum atomic E-state index is 8.77. The molecule has 0 amide bonds. The van der Waals surface area contributed by atoms with Crippen molar-refractivity contribution in [3.63, 3.8) is 0 Å². The van der Waals surface area contributed by atoms with Crippen LogP contribution in [0.5, 0.6) is 5.75 Å². The molecule has 1 aliphatic rings. The summed E-state index contributed by atoms with van der Waals surface area (Å²) in [5.74, 6) is 0.892. The van der Waals surface area contributed by atoms with Crippen LogP contribution in [0.15, 0.2) is 36.3 Å². The van der Waals surface area contributed by atoms with Gasteiger partial charge in [-0.3, -0.25) is 0 Å². The number of benzene rings is 1. The first-order valence-corrected chi connectivity index (χ1v) is 6.47. The largest absolute Gasteiger partial charge is 0.486 e. The molecule has 0 aliphatic carbocycles. The summed E-state index contributed by atoms with van der Waals surface area (Å²) in [4.78, 5) is 0. The summed E-state index contributed by atoms with van der Waals surface area (Å²) in [7, 11) is 0. The molecular weight excluding hydrogens is 244 g/mol. The number of aliphatic hydroxyl groups is 1. The fraction of sp³-hybridized carbons (Fsp3) is 0.467. The number of aryl methyl sites for hydroxylation is 1. The van der Waals surface area contributed by atoms with E-state index < -0.39 is 5.79 Å². The van der Waals surface area contributed by atoms with E-state index in [2.05, 4.69) is 0 Å². The standard InChI is InChI=1S/C15H20O4/c1-15(2)18-11-14(19-15)10-17-13-7-5-12(6-8-13)4-3-9-16/h5-8,11,16H,3-4,9-10H2,1-2H3. The van der Waals surface area contributed by atoms with Gasteiger partial charge in [0.1, 0.15) is 18.6 Å².